The van der Waals surface area contributed by atoms with Crippen molar-refractivity contribution in [2.45, 2.75) is 38.1 Å². The van der Waals surface area contributed by atoms with Crippen LogP contribution in [0.25, 0.3) is 0 Å². The van der Waals surface area contributed by atoms with Gasteiger partial charge in [-0.15, -0.1) is 0 Å². The van der Waals surface area contributed by atoms with E-state index in [2.05, 4.69) is 4.90 Å². The maximum atomic E-state index is 13.5. The smallest absolute Gasteiger partial charge is 0.133 e. The first kappa shape index (κ1) is 14.1. The minimum Gasteiger partial charge on any atom is -0.303 e. The fourth-order valence-corrected chi connectivity index (χ4v) is 2.57. The molecule has 0 aromatic heterocycles. The topological polar surface area (TPSA) is 20.3 Å². The lowest BCUT2D eigenvalue weighted by molar-refractivity contribution is -0.121. The summed E-state index contributed by atoms with van der Waals surface area (Å²) in [5.74, 6) is -0.679. The van der Waals surface area contributed by atoms with Crippen LogP contribution >= 0.6 is 0 Å². The quantitative estimate of drug-likeness (QED) is 0.836. The molecule has 0 aliphatic heterocycles. The van der Waals surface area contributed by atoms with Crippen molar-refractivity contribution in [3.63, 3.8) is 0 Å². The number of rotatable bonds is 4. The summed E-state index contributed by atoms with van der Waals surface area (Å²) < 4.78 is 26.3. The number of hydrogen-bond donors (Lipinski definition) is 0. The SMILES string of the molecule is CN(CCc1ccc(F)cc1F)C1CCC(=O)CC1. The molecule has 104 valence electrons. The third kappa shape index (κ3) is 3.83. The minimum absolute atomic E-state index is 0.342. The van der Waals surface area contributed by atoms with Gasteiger partial charge >= 0.3 is 0 Å². The second-order valence-corrected chi connectivity index (χ2v) is 5.24. The van der Waals surface area contributed by atoms with Crippen molar-refractivity contribution in [3.8, 4) is 0 Å². The van der Waals surface area contributed by atoms with E-state index in [-0.39, 0.29) is 0 Å². The normalized spacial score (nSPS) is 17.2. The fraction of sp³-hybridized carbons (Fsp3) is 0.533. The Hall–Kier alpha value is -1.29. The van der Waals surface area contributed by atoms with Gasteiger partial charge in [0.05, 0.1) is 0 Å². The molecule has 0 unspecified atom stereocenters. The highest BCUT2D eigenvalue weighted by atomic mass is 19.1. The third-order valence-corrected chi connectivity index (χ3v) is 3.89. The number of nitrogens with zero attached hydrogens (tertiary/aromatic N) is 1. The Morgan fingerprint density at radius 3 is 2.58 bits per heavy atom. The summed E-state index contributed by atoms with van der Waals surface area (Å²) in [5, 5.41) is 0. The molecule has 1 aliphatic carbocycles. The van der Waals surface area contributed by atoms with E-state index < -0.39 is 11.6 Å². The number of Topliss-reactive ketones (excluding diaryl/α,β-unsaturated/α-hetero) is 1. The van der Waals surface area contributed by atoms with E-state index in [1.54, 1.807) is 0 Å². The summed E-state index contributed by atoms with van der Waals surface area (Å²) in [6.07, 6.45) is 3.65. The maximum absolute atomic E-state index is 13.5. The van der Waals surface area contributed by atoms with Crippen molar-refractivity contribution in [3.05, 3.63) is 35.4 Å². The molecule has 1 aliphatic rings. The van der Waals surface area contributed by atoms with Gasteiger partial charge in [0.25, 0.3) is 0 Å². The van der Waals surface area contributed by atoms with Gasteiger partial charge in [0.1, 0.15) is 17.4 Å². The average molecular weight is 267 g/mol. The van der Waals surface area contributed by atoms with E-state index in [9.17, 15) is 13.6 Å². The molecule has 1 saturated carbocycles. The molecule has 0 amide bonds. The molecule has 4 heteroatoms. The Labute approximate surface area is 112 Å². The van der Waals surface area contributed by atoms with Crippen LogP contribution in [-0.4, -0.2) is 30.3 Å². The van der Waals surface area contributed by atoms with Gasteiger partial charge < -0.3 is 4.90 Å². The molecule has 1 aromatic rings. The Kier molecular flexibility index (Phi) is 4.64. The summed E-state index contributed by atoms with van der Waals surface area (Å²) in [6.45, 7) is 0.724. The van der Waals surface area contributed by atoms with Gasteiger partial charge in [0.15, 0.2) is 0 Å². The van der Waals surface area contributed by atoms with Crippen molar-refractivity contribution in [2.24, 2.45) is 0 Å². The van der Waals surface area contributed by atoms with Crippen LogP contribution in [0.3, 0.4) is 0 Å². The van der Waals surface area contributed by atoms with Crippen LogP contribution in [0.2, 0.25) is 0 Å². The number of hydrogen-bond acceptors (Lipinski definition) is 2. The van der Waals surface area contributed by atoms with Crippen LogP contribution in [0.1, 0.15) is 31.2 Å². The van der Waals surface area contributed by atoms with Crippen molar-refractivity contribution >= 4 is 5.78 Å². The number of ketones is 1. The lowest BCUT2D eigenvalue weighted by Gasteiger charge is -2.30. The van der Waals surface area contributed by atoms with Gasteiger partial charge in [-0.2, -0.15) is 0 Å². The lowest BCUT2D eigenvalue weighted by Crippen LogP contribution is -2.36. The third-order valence-electron chi connectivity index (χ3n) is 3.89. The van der Waals surface area contributed by atoms with Gasteiger partial charge in [0, 0.05) is 31.5 Å². The highest BCUT2D eigenvalue weighted by Gasteiger charge is 2.21. The number of halogens is 2. The number of carbonyl (C=O) groups excluding carboxylic acids is 1. The summed E-state index contributed by atoms with van der Waals surface area (Å²) >= 11 is 0. The molecule has 0 bridgehead atoms. The van der Waals surface area contributed by atoms with Gasteiger partial charge in [-0.3, -0.25) is 4.79 Å². The van der Waals surface area contributed by atoms with Crippen LogP contribution in [0.4, 0.5) is 8.78 Å². The first-order chi connectivity index (χ1) is 9.06. The number of carbonyl (C=O) groups is 1. The van der Waals surface area contributed by atoms with Crippen LogP contribution in [0, 0.1) is 11.6 Å². The Bertz CT molecular complexity index is 451. The average Bonchev–Trinajstić information content (AvgIpc) is 2.38. The maximum Gasteiger partial charge on any atom is 0.133 e. The van der Waals surface area contributed by atoms with E-state index >= 15 is 0 Å². The van der Waals surface area contributed by atoms with Gasteiger partial charge in [-0.05, 0) is 37.9 Å². The molecule has 1 aromatic carbocycles. The second-order valence-electron chi connectivity index (χ2n) is 5.24. The first-order valence-electron chi connectivity index (χ1n) is 6.72. The van der Waals surface area contributed by atoms with Crippen molar-refractivity contribution < 1.29 is 13.6 Å². The number of likely N-dealkylation sites (N-methyl/N-ethyl adjacent to an activating group) is 1. The second kappa shape index (κ2) is 6.24. The molecule has 19 heavy (non-hydrogen) atoms. The molecule has 0 heterocycles. The summed E-state index contributed by atoms with van der Waals surface area (Å²) in [7, 11) is 2.00. The van der Waals surface area contributed by atoms with Crippen molar-refractivity contribution in [2.75, 3.05) is 13.6 Å². The molecule has 0 spiro atoms. The number of benzene rings is 1. The standard InChI is InChI=1S/C15H19F2NO/c1-18(13-4-6-14(19)7-5-13)9-8-11-2-3-12(16)10-15(11)17/h2-3,10,13H,4-9H2,1H3. The Morgan fingerprint density at radius 2 is 1.95 bits per heavy atom. The molecule has 0 radical (unpaired) electrons. The van der Waals surface area contributed by atoms with E-state index in [0.717, 1.165) is 25.5 Å². The van der Waals surface area contributed by atoms with Crippen LogP contribution in [-0.2, 0) is 11.2 Å². The van der Waals surface area contributed by atoms with Crippen LogP contribution < -0.4 is 0 Å². The zero-order valence-corrected chi connectivity index (χ0v) is 11.2. The highest BCUT2D eigenvalue weighted by molar-refractivity contribution is 5.79. The molecule has 1 fully saturated rings. The molecular formula is C15H19F2NO. The largest absolute Gasteiger partial charge is 0.303 e. The van der Waals surface area contributed by atoms with Crippen LogP contribution in [0.15, 0.2) is 18.2 Å². The van der Waals surface area contributed by atoms with E-state index in [4.69, 9.17) is 0 Å². The summed E-state index contributed by atoms with van der Waals surface area (Å²) in [5.41, 5.74) is 0.542. The first-order valence-corrected chi connectivity index (χ1v) is 6.72. The predicted octanol–water partition coefficient (Wildman–Crippen LogP) is 2.95. The van der Waals surface area contributed by atoms with Crippen molar-refractivity contribution in [1.29, 1.82) is 0 Å². The Morgan fingerprint density at radius 1 is 1.26 bits per heavy atom. The van der Waals surface area contributed by atoms with Crippen LogP contribution in [0.5, 0.6) is 0 Å². The molecule has 2 rings (SSSR count). The molecule has 2 nitrogen and oxygen atoms in total. The van der Waals surface area contributed by atoms with Crippen molar-refractivity contribution in [1.82, 2.24) is 4.90 Å². The zero-order valence-electron chi connectivity index (χ0n) is 11.2. The monoisotopic (exact) mass is 267 g/mol. The van der Waals surface area contributed by atoms with Gasteiger partial charge in [-0.1, -0.05) is 6.07 Å². The predicted molar refractivity (Wildman–Crippen MR) is 70.0 cm³/mol. The highest BCUT2D eigenvalue weighted by Crippen LogP contribution is 2.20. The van der Waals surface area contributed by atoms with Gasteiger partial charge in [0.2, 0.25) is 0 Å². The molecule has 0 atom stereocenters. The summed E-state index contributed by atoms with van der Waals surface area (Å²) in [4.78, 5) is 13.4. The molecule has 0 N–H and O–H groups in total. The minimum atomic E-state index is -0.541. The zero-order chi connectivity index (χ0) is 13.8. The Balaban J connectivity index is 1.86. The molecular weight excluding hydrogens is 248 g/mol. The lowest BCUT2D eigenvalue weighted by atomic mass is 9.93. The summed E-state index contributed by atoms with van der Waals surface area (Å²) in [6, 6.07) is 4.12. The van der Waals surface area contributed by atoms with Gasteiger partial charge in [-0.25, -0.2) is 8.78 Å². The van der Waals surface area contributed by atoms with E-state index in [1.807, 2.05) is 7.05 Å². The van der Waals surface area contributed by atoms with E-state index in [1.165, 1.54) is 12.1 Å². The van der Waals surface area contributed by atoms with E-state index in [0.29, 0.717) is 36.7 Å². The molecule has 0 saturated heterocycles. The fourth-order valence-electron chi connectivity index (χ4n) is 2.57.